The Morgan fingerprint density at radius 2 is 0.710 bits per heavy atom. The summed E-state index contributed by atoms with van der Waals surface area (Å²) in [6, 6.07) is 0. The van der Waals surface area contributed by atoms with Crippen molar-refractivity contribution < 1.29 is 34.3 Å². The van der Waals surface area contributed by atoms with Crippen LogP contribution >= 0.6 is 0 Å². The predicted octanol–water partition coefficient (Wildman–Crippen LogP) is 4.83. The number of unbranched alkanes of at least 4 members (excludes halogenated alkanes) is 14. The molecule has 0 bridgehead atoms. The van der Waals surface area contributed by atoms with Gasteiger partial charge < -0.3 is 9.11 Å². The molecule has 0 radical (unpaired) electrons. The molecule has 31 heavy (non-hydrogen) atoms. The monoisotopic (exact) mass is 514 g/mol. The molecule has 0 unspecified atom stereocenters. The molecule has 0 aliphatic heterocycles. The molecule has 0 spiro atoms. The molecule has 0 heterocycles. The smallest absolute Gasteiger partial charge is 0.726 e. The zero-order valence-electron chi connectivity index (χ0n) is 19.5. The molecule has 0 aromatic carbocycles. The van der Waals surface area contributed by atoms with Crippen molar-refractivity contribution in [3.8, 4) is 0 Å². The van der Waals surface area contributed by atoms with E-state index in [2.05, 4.69) is 22.2 Å². The van der Waals surface area contributed by atoms with Crippen LogP contribution < -0.4 is 0 Å². The summed E-state index contributed by atoms with van der Waals surface area (Å²) in [5.41, 5.74) is 0. The van der Waals surface area contributed by atoms with Gasteiger partial charge in [-0.2, -0.15) is 0 Å². The third-order valence-electron chi connectivity index (χ3n) is 4.45. The van der Waals surface area contributed by atoms with E-state index in [1.807, 2.05) is 0 Å². The Morgan fingerprint density at radius 1 is 0.484 bits per heavy atom. The van der Waals surface area contributed by atoms with Gasteiger partial charge in [-0.3, -0.25) is 8.37 Å². The van der Waals surface area contributed by atoms with E-state index in [1.165, 1.54) is 64.2 Å². The quantitative estimate of drug-likeness (QED) is 0.0976. The van der Waals surface area contributed by atoms with Crippen LogP contribution in [-0.2, 0) is 29.2 Å². The molecule has 8 nitrogen and oxygen atoms in total. The Kier molecular flexibility index (Phi) is 30.2. The second-order valence-electron chi connectivity index (χ2n) is 7.41. The van der Waals surface area contributed by atoms with Crippen molar-refractivity contribution in [1.82, 2.24) is 0 Å². The van der Waals surface area contributed by atoms with Crippen LogP contribution in [-0.4, -0.2) is 76.9 Å². The van der Waals surface area contributed by atoms with E-state index in [9.17, 15) is 25.9 Å². The second-order valence-corrected chi connectivity index (χ2v) is 9.51. The van der Waals surface area contributed by atoms with E-state index in [0.29, 0.717) is 12.8 Å². The average molecular weight is 515 g/mol. The van der Waals surface area contributed by atoms with E-state index in [4.69, 9.17) is 0 Å². The van der Waals surface area contributed by atoms with Gasteiger partial charge in [0, 0.05) is 0 Å². The van der Waals surface area contributed by atoms with Crippen molar-refractivity contribution in [3.05, 3.63) is 0 Å². The van der Waals surface area contributed by atoms with Crippen LogP contribution in [0.1, 0.15) is 117 Å². The first-order valence-electron chi connectivity index (χ1n) is 11.3. The third-order valence-corrected chi connectivity index (χ3v) is 5.36. The molecule has 0 saturated heterocycles. The predicted molar refractivity (Wildman–Crippen MR) is 122 cm³/mol. The van der Waals surface area contributed by atoms with E-state index < -0.39 is 20.8 Å². The molecule has 0 saturated carbocycles. The van der Waals surface area contributed by atoms with Crippen molar-refractivity contribution in [3.63, 3.8) is 0 Å². The molecular weight excluding hydrogens is 472 g/mol. The molecule has 0 aliphatic rings. The molecule has 0 aromatic rings. The summed E-state index contributed by atoms with van der Waals surface area (Å²) < 4.78 is 68.5. The minimum Gasteiger partial charge on any atom is -0.726 e. The van der Waals surface area contributed by atoms with Gasteiger partial charge in [0.15, 0.2) is 0 Å². The van der Waals surface area contributed by atoms with Gasteiger partial charge in [0.2, 0.25) is 20.8 Å². The van der Waals surface area contributed by atoms with Gasteiger partial charge in [0.1, 0.15) is 0 Å². The summed E-state index contributed by atoms with van der Waals surface area (Å²) in [6.07, 6.45) is 17.8. The molecule has 184 valence electrons. The van der Waals surface area contributed by atoms with E-state index >= 15 is 0 Å². The molecule has 11 heteroatoms. The minimum absolute atomic E-state index is 0. The van der Waals surface area contributed by atoms with Crippen LogP contribution in [0.4, 0.5) is 0 Å². The summed E-state index contributed by atoms with van der Waals surface area (Å²) in [6.45, 7) is 4.42. The van der Waals surface area contributed by atoms with Gasteiger partial charge in [0.25, 0.3) is 0 Å². The summed E-state index contributed by atoms with van der Waals surface area (Å²) in [5, 5.41) is 0. The van der Waals surface area contributed by atoms with Crippen molar-refractivity contribution in [2.45, 2.75) is 117 Å². The van der Waals surface area contributed by atoms with E-state index in [-0.39, 0.29) is 51.0 Å². The van der Waals surface area contributed by atoms with Crippen LogP contribution in [0.25, 0.3) is 0 Å². The van der Waals surface area contributed by atoms with E-state index in [1.54, 1.807) is 0 Å². The zero-order chi connectivity index (χ0) is 23.1. The molecule has 0 amide bonds. The van der Waals surface area contributed by atoms with Gasteiger partial charge in [-0.1, -0.05) is 104 Å². The molecule has 0 atom stereocenters. The maximum Gasteiger partial charge on any atom is 2.00 e. The first-order valence-corrected chi connectivity index (χ1v) is 14.0. The molecule has 0 N–H and O–H groups in total. The Labute approximate surface area is 221 Å². The summed E-state index contributed by atoms with van der Waals surface area (Å²) in [4.78, 5) is 0. The number of hydrogen-bond acceptors (Lipinski definition) is 8. The Balaban J connectivity index is -0.000000490. The third kappa shape index (κ3) is 41.7. The minimum atomic E-state index is -4.48. The van der Waals surface area contributed by atoms with Crippen molar-refractivity contribution in [1.29, 1.82) is 0 Å². The van der Waals surface area contributed by atoms with Gasteiger partial charge in [-0.05, 0) is 12.8 Å². The molecule has 0 rings (SSSR count). The van der Waals surface area contributed by atoms with Crippen LogP contribution in [0, 0.1) is 0 Å². The number of rotatable bonds is 20. The molecular formula is C20H42CaO8S2. The average Bonchev–Trinajstić information content (AvgIpc) is 2.64. The Morgan fingerprint density at radius 3 is 0.935 bits per heavy atom. The maximum absolute atomic E-state index is 10.1. The van der Waals surface area contributed by atoms with Crippen molar-refractivity contribution >= 4 is 58.5 Å². The number of hydrogen-bond donors (Lipinski definition) is 0. The van der Waals surface area contributed by atoms with Gasteiger partial charge in [0.05, 0.1) is 13.2 Å². The van der Waals surface area contributed by atoms with Crippen molar-refractivity contribution in [2.24, 2.45) is 0 Å². The largest absolute Gasteiger partial charge is 2.00 e. The summed E-state index contributed by atoms with van der Waals surface area (Å²) in [7, 11) is -8.96. The van der Waals surface area contributed by atoms with Crippen LogP contribution in [0.15, 0.2) is 0 Å². The van der Waals surface area contributed by atoms with Gasteiger partial charge in [-0.25, -0.2) is 16.8 Å². The standard InChI is InChI=1S/2C10H22O4S.Ca/c2*1-2-3-4-5-6-7-8-9-10-14-15(11,12)13;/h2*2-10H2,1H3,(H,11,12,13);/q;;+2/p-2. The summed E-state index contributed by atoms with van der Waals surface area (Å²) >= 11 is 0. The first kappa shape index (κ1) is 36.6. The summed E-state index contributed by atoms with van der Waals surface area (Å²) in [5.74, 6) is 0. The molecule has 0 aromatic heterocycles. The second kappa shape index (κ2) is 25.6. The Hall–Kier alpha value is 1.000. The normalized spacial score (nSPS) is 11.5. The van der Waals surface area contributed by atoms with Gasteiger partial charge >= 0.3 is 37.7 Å². The fourth-order valence-corrected chi connectivity index (χ4v) is 3.44. The van der Waals surface area contributed by atoms with E-state index in [0.717, 1.165) is 25.7 Å². The van der Waals surface area contributed by atoms with Crippen LogP contribution in [0.5, 0.6) is 0 Å². The fourth-order valence-electron chi connectivity index (χ4n) is 2.79. The molecule has 0 fully saturated rings. The SMILES string of the molecule is CCCCCCCCCCOS(=O)(=O)[O-].CCCCCCCCCCOS(=O)(=O)[O-].[Ca+2]. The first-order chi connectivity index (χ1) is 14.1. The van der Waals surface area contributed by atoms with Crippen LogP contribution in [0.3, 0.4) is 0 Å². The van der Waals surface area contributed by atoms with Crippen molar-refractivity contribution in [2.75, 3.05) is 13.2 Å². The zero-order valence-corrected chi connectivity index (χ0v) is 23.4. The van der Waals surface area contributed by atoms with Gasteiger partial charge in [-0.15, -0.1) is 0 Å². The Bertz CT molecular complexity index is 504. The van der Waals surface area contributed by atoms with Crippen LogP contribution in [0.2, 0.25) is 0 Å². The fraction of sp³-hybridized carbons (Fsp3) is 1.00. The molecule has 0 aliphatic carbocycles. The topological polar surface area (TPSA) is 133 Å². The maximum atomic E-state index is 10.1.